The molecule has 3 N–H and O–H groups in total. The van der Waals surface area contributed by atoms with Gasteiger partial charge in [-0.2, -0.15) is 0 Å². The van der Waals surface area contributed by atoms with Gasteiger partial charge in [-0.3, -0.25) is 0 Å². The molecule has 0 bridgehead atoms. The Kier molecular flexibility index (Phi) is 7.19. The third kappa shape index (κ3) is 6.16. The third-order valence-corrected chi connectivity index (χ3v) is 5.17. The maximum absolute atomic E-state index is 11.2. The van der Waals surface area contributed by atoms with E-state index in [1.807, 2.05) is 0 Å². The number of rotatable bonds is 8. The van der Waals surface area contributed by atoms with Crippen molar-refractivity contribution in [3.05, 3.63) is 0 Å². The van der Waals surface area contributed by atoms with Crippen molar-refractivity contribution in [2.24, 2.45) is 5.14 Å². The summed E-state index contributed by atoms with van der Waals surface area (Å²) in [5.41, 5.74) is 0. The van der Waals surface area contributed by atoms with Gasteiger partial charge in [-0.1, -0.05) is 45.4 Å². The topological polar surface area (TPSA) is 72.2 Å². The van der Waals surface area contributed by atoms with E-state index in [1.54, 1.807) is 0 Å². The highest BCUT2D eigenvalue weighted by Crippen LogP contribution is 2.18. The molecule has 1 rings (SSSR count). The van der Waals surface area contributed by atoms with Gasteiger partial charge in [-0.15, -0.1) is 0 Å². The Hall–Kier alpha value is -0.130. The fourth-order valence-corrected chi connectivity index (χ4v) is 3.38. The van der Waals surface area contributed by atoms with E-state index in [2.05, 4.69) is 12.2 Å². The van der Waals surface area contributed by atoms with Crippen LogP contribution in [-0.4, -0.2) is 26.3 Å². The van der Waals surface area contributed by atoms with Crippen molar-refractivity contribution < 1.29 is 8.42 Å². The van der Waals surface area contributed by atoms with Crippen molar-refractivity contribution in [1.82, 2.24) is 5.32 Å². The SMILES string of the molecule is CCCCCCCCC1CCC(S(N)(=O)=O)CN1. The van der Waals surface area contributed by atoms with Crippen molar-refractivity contribution >= 4 is 10.0 Å². The van der Waals surface area contributed by atoms with Gasteiger partial charge >= 0.3 is 0 Å². The summed E-state index contributed by atoms with van der Waals surface area (Å²) in [6.45, 7) is 2.76. The minimum atomic E-state index is -3.35. The number of primary sulfonamides is 1. The predicted octanol–water partition coefficient (Wildman–Crippen LogP) is 2.15. The summed E-state index contributed by atoms with van der Waals surface area (Å²) in [5.74, 6) is 0. The van der Waals surface area contributed by atoms with E-state index < -0.39 is 10.0 Å². The summed E-state index contributed by atoms with van der Waals surface area (Å²) in [6, 6.07) is 0.495. The molecule has 0 aliphatic carbocycles. The first kappa shape index (κ1) is 15.9. The predicted molar refractivity (Wildman–Crippen MR) is 75.9 cm³/mol. The molecular weight excluding hydrogens is 248 g/mol. The zero-order valence-electron chi connectivity index (χ0n) is 11.5. The molecule has 108 valence electrons. The summed E-state index contributed by atoms with van der Waals surface area (Å²) in [5, 5.41) is 8.10. The monoisotopic (exact) mass is 276 g/mol. The average molecular weight is 276 g/mol. The van der Waals surface area contributed by atoms with Crippen LogP contribution in [0, 0.1) is 0 Å². The lowest BCUT2D eigenvalue weighted by molar-refractivity contribution is 0.369. The molecule has 5 heteroatoms. The molecule has 0 spiro atoms. The standard InChI is InChI=1S/C13H28N2O2S/c1-2-3-4-5-6-7-8-12-9-10-13(11-15-12)18(14,16)17/h12-13,15H,2-11H2,1H3,(H2,14,16,17). The van der Waals surface area contributed by atoms with Crippen molar-refractivity contribution in [1.29, 1.82) is 0 Å². The highest BCUT2D eigenvalue weighted by Gasteiger charge is 2.27. The summed E-state index contributed by atoms with van der Waals surface area (Å²) >= 11 is 0. The Morgan fingerprint density at radius 2 is 1.78 bits per heavy atom. The van der Waals surface area contributed by atoms with Gasteiger partial charge in [0, 0.05) is 12.6 Å². The molecule has 2 unspecified atom stereocenters. The fraction of sp³-hybridized carbons (Fsp3) is 1.00. The molecule has 18 heavy (non-hydrogen) atoms. The minimum Gasteiger partial charge on any atom is -0.313 e. The van der Waals surface area contributed by atoms with Crippen LogP contribution in [0.5, 0.6) is 0 Å². The number of hydrogen-bond donors (Lipinski definition) is 2. The first-order valence-corrected chi connectivity index (χ1v) is 8.90. The van der Waals surface area contributed by atoms with Crippen molar-refractivity contribution in [3.63, 3.8) is 0 Å². The summed E-state index contributed by atoms with van der Waals surface area (Å²) < 4.78 is 22.4. The first-order chi connectivity index (χ1) is 8.54. The molecule has 1 heterocycles. The highest BCUT2D eigenvalue weighted by molar-refractivity contribution is 7.89. The second-order valence-corrected chi connectivity index (χ2v) is 7.29. The Balaban J connectivity index is 2.06. The lowest BCUT2D eigenvalue weighted by Crippen LogP contribution is -2.46. The summed E-state index contributed by atoms with van der Waals surface area (Å²) in [7, 11) is -3.35. The van der Waals surface area contributed by atoms with Crippen molar-refractivity contribution in [2.75, 3.05) is 6.54 Å². The number of piperidine rings is 1. The van der Waals surface area contributed by atoms with E-state index in [4.69, 9.17) is 5.14 Å². The molecule has 1 fully saturated rings. The molecule has 0 aromatic carbocycles. The number of sulfonamides is 1. The van der Waals surface area contributed by atoms with Gasteiger partial charge in [-0.25, -0.2) is 13.6 Å². The quantitative estimate of drug-likeness (QED) is 0.667. The Morgan fingerprint density at radius 3 is 2.33 bits per heavy atom. The van der Waals surface area contributed by atoms with Gasteiger partial charge in [0.2, 0.25) is 10.0 Å². The number of unbranched alkanes of at least 4 members (excludes halogenated alkanes) is 5. The highest BCUT2D eigenvalue weighted by atomic mass is 32.2. The van der Waals surface area contributed by atoms with E-state index in [0.29, 0.717) is 19.0 Å². The van der Waals surface area contributed by atoms with Crippen LogP contribution in [0.3, 0.4) is 0 Å². The molecule has 1 saturated heterocycles. The summed E-state index contributed by atoms with van der Waals surface area (Å²) in [4.78, 5) is 0. The molecule has 0 radical (unpaired) electrons. The Labute approximate surface area is 112 Å². The smallest absolute Gasteiger partial charge is 0.213 e. The molecule has 4 nitrogen and oxygen atoms in total. The molecule has 0 aromatic rings. The molecule has 0 amide bonds. The Morgan fingerprint density at radius 1 is 1.11 bits per heavy atom. The normalized spacial score (nSPS) is 25.2. The fourth-order valence-electron chi connectivity index (χ4n) is 2.59. The number of nitrogens with one attached hydrogen (secondary N) is 1. The third-order valence-electron chi connectivity index (χ3n) is 3.84. The molecule has 0 aromatic heterocycles. The maximum Gasteiger partial charge on any atom is 0.213 e. The lowest BCUT2D eigenvalue weighted by atomic mass is 9.98. The van der Waals surface area contributed by atoms with Gasteiger partial charge in [0.25, 0.3) is 0 Å². The minimum absolute atomic E-state index is 0.377. The van der Waals surface area contributed by atoms with E-state index in [9.17, 15) is 8.42 Å². The van der Waals surface area contributed by atoms with Crippen LogP contribution >= 0.6 is 0 Å². The van der Waals surface area contributed by atoms with Crippen LogP contribution in [0.15, 0.2) is 0 Å². The first-order valence-electron chi connectivity index (χ1n) is 7.29. The molecule has 1 aliphatic rings. The van der Waals surface area contributed by atoms with E-state index >= 15 is 0 Å². The van der Waals surface area contributed by atoms with Gasteiger partial charge in [0.05, 0.1) is 5.25 Å². The van der Waals surface area contributed by atoms with Gasteiger partial charge in [0.15, 0.2) is 0 Å². The van der Waals surface area contributed by atoms with E-state index in [1.165, 1.54) is 44.9 Å². The number of hydrogen-bond acceptors (Lipinski definition) is 3. The second kappa shape index (κ2) is 8.12. The van der Waals surface area contributed by atoms with Gasteiger partial charge < -0.3 is 5.32 Å². The van der Waals surface area contributed by atoms with Crippen LogP contribution in [-0.2, 0) is 10.0 Å². The molecule has 1 aliphatic heterocycles. The van der Waals surface area contributed by atoms with Gasteiger partial charge in [0.1, 0.15) is 0 Å². The zero-order chi connectivity index (χ0) is 13.4. The second-order valence-electron chi connectivity index (χ2n) is 5.45. The van der Waals surface area contributed by atoms with Crippen LogP contribution in [0.1, 0.15) is 64.7 Å². The van der Waals surface area contributed by atoms with E-state index in [0.717, 1.165) is 6.42 Å². The van der Waals surface area contributed by atoms with Crippen LogP contribution in [0.25, 0.3) is 0 Å². The zero-order valence-corrected chi connectivity index (χ0v) is 12.3. The van der Waals surface area contributed by atoms with E-state index in [-0.39, 0.29) is 5.25 Å². The molecule has 0 saturated carbocycles. The van der Waals surface area contributed by atoms with Crippen molar-refractivity contribution in [3.8, 4) is 0 Å². The lowest BCUT2D eigenvalue weighted by Gasteiger charge is -2.28. The number of nitrogens with two attached hydrogens (primary N) is 1. The van der Waals surface area contributed by atoms with Crippen LogP contribution in [0.4, 0.5) is 0 Å². The molecule has 2 atom stereocenters. The average Bonchev–Trinajstić information content (AvgIpc) is 2.33. The largest absolute Gasteiger partial charge is 0.313 e. The van der Waals surface area contributed by atoms with Crippen molar-refractivity contribution in [2.45, 2.75) is 76.0 Å². The van der Waals surface area contributed by atoms with Crippen LogP contribution < -0.4 is 10.5 Å². The maximum atomic E-state index is 11.2. The summed E-state index contributed by atoms with van der Waals surface area (Å²) in [6.07, 6.45) is 10.7. The molecular formula is C13H28N2O2S. The van der Waals surface area contributed by atoms with Crippen LogP contribution in [0.2, 0.25) is 0 Å². The van der Waals surface area contributed by atoms with Gasteiger partial charge in [-0.05, 0) is 19.3 Å². The Bertz CT molecular complexity index is 309.